The van der Waals surface area contributed by atoms with Crippen LogP contribution in [-0.2, 0) is 4.74 Å². The molecule has 1 amide bonds. The van der Waals surface area contributed by atoms with Crippen LogP contribution in [0.5, 0.6) is 0 Å². The third kappa shape index (κ3) is 3.44. The molecule has 0 bridgehead atoms. The molecule has 2 heterocycles. The number of benzene rings is 1. The smallest absolute Gasteiger partial charge is 0.319 e. The van der Waals surface area contributed by atoms with Crippen LogP contribution < -0.4 is 10.2 Å². The maximum atomic E-state index is 12.3. The second kappa shape index (κ2) is 7.14. The Morgan fingerprint density at radius 3 is 2.54 bits per heavy atom. The molecule has 1 saturated heterocycles. The summed E-state index contributed by atoms with van der Waals surface area (Å²) in [5, 5.41) is 30.2. The predicted octanol–water partition coefficient (Wildman–Crippen LogP) is 1.31. The number of nitro groups is 2. The Morgan fingerprint density at radius 1 is 1.19 bits per heavy atom. The van der Waals surface area contributed by atoms with Gasteiger partial charge in [-0.05, 0) is 12.1 Å². The van der Waals surface area contributed by atoms with Gasteiger partial charge in [0.15, 0.2) is 0 Å². The van der Waals surface area contributed by atoms with Crippen molar-refractivity contribution in [1.82, 2.24) is 10.2 Å². The number of hydrogen-bond donors (Lipinski definition) is 2. The summed E-state index contributed by atoms with van der Waals surface area (Å²) in [4.78, 5) is 35.0. The van der Waals surface area contributed by atoms with E-state index in [9.17, 15) is 25.0 Å². The van der Waals surface area contributed by atoms with Gasteiger partial charge in [-0.3, -0.25) is 30.1 Å². The van der Waals surface area contributed by atoms with Crippen LogP contribution in [0.4, 0.5) is 22.7 Å². The van der Waals surface area contributed by atoms with Crippen LogP contribution in [-0.4, -0.2) is 52.3 Å². The van der Waals surface area contributed by atoms with Crippen LogP contribution in [0.2, 0.25) is 0 Å². The minimum Gasteiger partial charge on any atom is -0.378 e. The Bertz CT molecular complexity index is 859. The first-order valence-electron chi connectivity index (χ1n) is 7.57. The summed E-state index contributed by atoms with van der Waals surface area (Å²) in [6.07, 6.45) is 0.896. The van der Waals surface area contributed by atoms with Gasteiger partial charge < -0.3 is 15.0 Å². The van der Waals surface area contributed by atoms with Crippen LogP contribution in [0.3, 0.4) is 0 Å². The molecule has 0 spiro atoms. The highest BCUT2D eigenvalue weighted by Gasteiger charge is 2.26. The van der Waals surface area contributed by atoms with E-state index < -0.39 is 21.4 Å². The van der Waals surface area contributed by atoms with Crippen molar-refractivity contribution in [3.63, 3.8) is 0 Å². The van der Waals surface area contributed by atoms with Gasteiger partial charge in [-0.1, -0.05) is 0 Å². The number of rotatable bonds is 5. The van der Waals surface area contributed by atoms with Gasteiger partial charge in [0, 0.05) is 24.8 Å². The standard InChI is InChI=1S/C14H14N6O6/c21-14(13-12(20(24)25)8-15-17-13)16-10-7-9(1-2-11(10)19(22)23)18-3-5-26-6-4-18/h1-2,7-8H,3-6H2,(H,15,17)(H,16,21). The molecule has 0 radical (unpaired) electrons. The zero-order valence-corrected chi connectivity index (χ0v) is 13.4. The number of carbonyl (C=O) groups is 1. The summed E-state index contributed by atoms with van der Waals surface area (Å²) in [5.74, 6) is -0.892. The maximum absolute atomic E-state index is 12.3. The lowest BCUT2D eigenvalue weighted by atomic mass is 10.2. The van der Waals surface area contributed by atoms with Crippen molar-refractivity contribution in [3.8, 4) is 0 Å². The van der Waals surface area contributed by atoms with Gasteiger partial charge in [-0.25, -0.2) is 0 Å². The van der Waals surface area contributed by atoms with E-state index in [2.05, 4.69) is 15.5 Å². The summed E-state index contributed by atoms with van der Waals surface area (Å²) in [6, 6.07) is 4.32. The average molecular weight is 362 g/mol. The number of nitrogens with zero attached hydrogens (tertiary/aromatic N) is 4. The van der Waals surface area contributed by atoms with Crippen LogP contribution in [0.25, 0.3) is 0 Å². The van der Waals surface area contributed by atoms with E-state index in [1.165, 1.54) is 12.1 Å². The van der Waals surface area contributed by atoms with Gasteiger partial charge in [0.05, 0.1) is 23.1 Å². The normalized spacial score (nSPS) is 14.1. The first kappa shape index (κ1) is 17.3. The molecule has 0 aliphatic carbocycles. The van der Waals surface area contributed by atoms with Crippen molar-refractivity contribution in [2.75, 3.05) is 36.5 Å². The molecule has 0 atom stereocenters. The number of anilines is 2. The van der Waals surface area contributed by atoms with Crippen molar-refractivity contribution >= 4 is 28.7 Å². The SMILES string of the molecule is O=C(Nc1cc(N2CCOCC2)ccc1[N+](=O)[O-])c1[nH]ncc1[N+](=O)[O-]. The molecule has 1 aromatic heterocycles. The lowest BCUT2D eigenvalue weighted by Crippen LogP contribution is -2.36. The highest BCUT2D eigenvalue weighted by atomic mass is 16.6. The van der Waals surface area contributed by atoms with Crippen LogP contribution in [0.15, 0.2) is 24.4 Å². The number of carbonyl (C=O) groups excluding carboxylic acids is 1. The van der Waals surface area contributed by atoms with Crippen LogP contribution >= 0.6 is 0 Å². The molecule has 1 aromatic carbocycles. The molecule has 136 valence electrons. The second-order valence-corrected chi connectivity index (χ2v) is 5.40. The first-order chi connectivity index (χ1) is 12.5. The number of H-pyrrole nitrogens is 1. The first-order valence-corrected chi connectivity index (χ1v) is 7.57. The second-order valence-electron chi connectivity index (χ2n) is 5.40. The lowest BCUT2D eigenvalue weighted by Gasteiger charge is -2.29. The Hall–Kier alpha value is -3.54. The highest BCUT2D eigenvalue weighted by molar-refractivity contribution is 6.06. The van der Waals surface area contributed by atoms with E-state index in [0.29, 0.717) is 32.0 Å². The fourth-order valence-electron chi connectivity index (χ4n) is 2.57. The molecule has 2 aromatic rings. The van der Waals surface area contributed by atoms with Gasteiger partial charge in [0.1, 0.15) is 11.9 Å². The fourth-order valence-corrected chi connectivity index (χ4v) is 2.57. The number of nitrogens with one attached hydrogen (secondary N) is 2. The number of amides is 1. The van der Waals surface area contributed by atoms with Crippen molar-refractivity contribution in [1.29, 1.82) is 0 Å². The van der Waals surface area contributed by atoms with Gasteiger partial charge in [0.2, 0.25) is 5.69 Å². The number of nitro benzene ring substituents is 1. The third-order valence-electron chi connectivity index (χ3n) is 3.84. The van der Waals surface area contributed by atoms with Crippen molar-refractivity contribution in [2.24, 2.45) is 0 Å². The van der Waals surface area contributed by atoms with E-state index in [4.69, 9.17) is 4.74 Å². The van der Waals surface area contributed by atoms with Gasteiger partial charge in [-0.2, -0.15) is 5.10 Å². The monoisotopic (exact) mass is 362 g/mol. The molecule has 12 heteroatoms. The molecule has 1 fully saturated rings. The summed E-state index contributed by atoms with van der Waals surface area (Å²) in [7, 11) is 0. The Kier molecular flexibility index (Phi) is 4.75. The summed E-state index contributed by atoms with van der Waals surface area (Å²) >= 11 is 0. The number of morpholine rings is 1. The van der Waals surface area contributed by atoms with Crippen molar-refractivity contribution in [3.05, 3.63) is 50.3 Å². The number of hydrogen-bond acceptors (Lipinski definition) is 8. The quantitative estimate of drug-likeness (QED) is 0.595. The highest BCUT2D eigenvalue weighted by Crippen LogP contribution is 2.31. The van der Waals surface area contributed by atoms with Gasteiger partial charge >= 0.3 is 5.69 Å². The summed E-state index contributed by atoms with van der Waals surface area (Å²) < 4.78 is 5.27. The molecule has 1 aliphatic heterocycles. The Labute approximate surface area is 146 Å². The predicted molar refractivity (Wildman–Crippen MR) is 89.3 cm³/mol. The average Bonchev–Trinajstić information content (AvgIpc) is 3.12. The zero-order valence-electron chi connectivity index (χ0n) is 13.4. The largest absolute Gasteiger partial charge is 0.378 e. The van der Waals surface area contributed by atoms with E-state index in [-0.39, 0.29) is 17.1 Å². The molecular formula is C14H14N6O6. The molecular weight excluding hydrogens is 348 g/mol. The summed E-state index contributed by atoms with van der Waals surface area (Å²) in [5.41, 5.74) is -0.616. The van der Waals surface area contributed by atoms with Crippen LogP contribution in [0, 0.1) is 20.2 Å². The molecule has 0 saturated carbocycles. The molecule has 3 rings (SSSR count). The fraction of sp³-hybridized carbons (Fsp3) is 0.286. The van der Waals surface area contributed by atoms with Crippen molar-refractivity contribution < 1.29 is 19.4 Å². The van der Waals surface area contributed by atoms with E-state index in [0.717, 1.165) is 6.20 Å². The molecule has 0 unspecified atom stereocenters. The minimum atomic E-state index is -0.892. The number of aromatic nitrogens is 2. The Balaban J connectivity index is 1.91. The maximum Gasteiger partial charge on any atom is 0.319 e. The van der Waals surface area contributed by atoms with E-state index in [1.807, 2.05) is 4.90 Å². The molecule has 26 heavy (non-hydrogen) atoms. The number of aromatic amines is 1. The summed E-state index contributed by atoms with van der Waals surface area (Å²) in [6.45, 7) is 2.27. The molecule has 2 N–H and O–H groups in total. The minimum absolute atomic E-state index is 0.0621. The van der Waals surface area contributed by atoms with Gasteiger partial charge in [-0.15, -0.1) is 0 Å². The Morgan fingerprint density at radius 2 is 1.88 bits per heavy atom. The lowest BCUT2D eigenvalue weighted by molar-refractivity contribution is -0.385. The van der Waals surface area contributed by atoms with Gasteiger partial charge in [0.25, 0.3) is 11.6 Å². The molecule has 1 aliphatic rings. The van der Waals surface area contributed by atoms with Crippen molar-refractivity contribution in [2.45, 2.75) is 0 Å². The zero-order chi connectivity index (χ0) is 18.7. The van der Waals surface area contributed by atoms with Crippen LogP contribution in [0.1, 0.15) is 10.5 Å². The number of ether oxygens (including phenoxy) is 1. The topological polar surface area (TPSA) is 157 Å². The molecule has 12 nitrogen and oxygen atoms in total. The van der Waals surface area contributed by atoms with E-state index in [1.54, 1.807) is 6.07 Å². The van der Waals surface area contributed by atoms with E-state index >= 15 is 0 Å². The third-order valence-corrected chi connectivity index (χ3v) is 3.84.